The molecule has 1 aromatic carbocycles. The van der Waals surface area contributed by atoms with Crippen molar-refractivity contribution in [2.24, 2.45) is 0 Å². The molecule has 1 amide bonds. The number of rotatable bonds is 3. The smallest absolute Gasteiger partial charge is 0.253 e. The van der Waals surface area contributed by atoms with Gasteiger partial charge in [0.2, 0.25) is 0 Å². The van der Waals surface area contributed by atoms with Crippen molar-refractivity contribution in [1.29, 1.82) is 0 Å². The van der Waals surface area contributed by atoms with E-state index in [0.717, 1.165) is 5.56 Å². The zero-order valence-electron chi connectivity index (χ0n) is 9.00. The van der Waals surface area contributed by atoms with Crippen molar-refractivity contribution in [1.82, 2.24) is 0 Å². The summed E-state index contributed by atoms with van der Waals surface area (Å²) in [6, 6.07) is 5.46. The van der Waals surface area contributed by atoms with Crippen molar-refractivity contribution in [2.45, 2.75) is 20.0 Å². The van der Waals surface area contributed by atoms with Crippen LogP contribution >= 0.6 is 11.6 Å². The van der Waals surface area contributed by atoms with Crippen LogP contribution in [0.25, 0.3) is 0 Å². The maximum atomic E-state index is 11.5. The molecule has 0 spiro atoms. The molecule has 15 heavy (non-hydrogen) atoms. The molecule has 0 saturated heterocycles. The second-order valence-electron chi connectivity index (χ2n) is 3.35. The molecule has 0 aromatic heterocycles. The Hall–Kier alpha value is -1.06. The third-order valence-corrected chi connectivity index (χ3v) is 2.42. The molecule has 82 valence electrons. The summed E-state index contributed by atoms with van der Waals surface area (Å²) in [7, 11) is 1.49. The molecule has 1 aromatic rings. The van der Waals surface area contributed by atoms with E-state index >= 15 is 0 Å². The number of methoxy groups -OCH3 is 1. The predicted octanol–water partition coefficient (Wildman–Crippen LogP) is 2.62. The second kappa shape index (κ2) is 5.14. The first-order valence-corrected chi connectivity index (χ1v) is 5.02. The van der Waals surface area contributed by atoms with Gasteiger partial charge >= 0.3 is 0 Å². The van der Waals surface area contributed by atoms with Gasteiger partial charge in [0, 0.05) is 7.11 Å². The number of hydrogen-bond acceptors (Lipinski definition) is 2. The van der Waals surface area contributed by atoms with Crippen molar-refractivity contribution in [3.8, 4) is 0 Å². The SMILES string of the molecule is COC(C)C(=O)Nc1ccc(C)cc1Cl. The minimum absolute atomic E-state index is 0.205. The largest absolute Gasteiger partial charge is 0.372 e. The van der Waals surface area contributed by atoms with Gasteiger partial charge in [-0.1, -0.05) is 17.7 Å². The molecule has 3 nitrogen and oxygen atoms in total. The van der Waals surface area contributed by atoms with Crippen LogP contribution in [0.2, 0.25) is 5.02 Å². The minimum atomic E-state index is -0.484. The predicted molar refractivity (Wildman–Crippen MR) is 61.3 cm³/mol. The monoisotopic (exact) mass is 227 g/mol. The molecule has 0 aliphatic heterocycles. The van der Waals surface area contributed by atoms with Crippen molar-refractivity contribution in [3.05, 3.63) is 28.8 Å². The van der Waals surface area contributed by atoms with E-state index in [1.54, 1.807) is 19.1 Å². The van der Waals surface area contributed by atoms with Crippen molar-refractivity contribution in [2.75, 3.05) is 12.4 Å². The van der Waals surface area contributed by atoms with Gasteiger partial charge in [0.05, 0.1) is 10.7 Å². The van der Waals surface area contributed by atoms with E-state index in [2.05, 4.69) is 5.32 Å². The maximum Gasteiger partial charge on any atom is 0.253 e. The Morgan fingerprint density at radius 1 is 1.53 bits per heavy atom. The van der Waals surface area contributed by atoms with Crippen molar-refractivity contribution >= 4 is 23.2 Å². The first-order chi connectivity index (χ1) is 7.04. The van der Waals surface area contributed by atoms with E-state index in [4.69, 9.17) is 16.3 Å². The molecule has 0 bridgehead atoms. The number of ether oxygens (including phenoxy) is 1. The quantitative estimate of drug-likeness (QED) is 0.862. The van der Waals surface area contributed by atoms with Gasteiger partial charge in [-0.3, -0.25) is 4.79 Å². The lowest BCUT2D eigenvalue weighted by molar-refractivity contribution is -0.124. The van der Waals surface area contributed by atoms with Crippen molar-refractivity contribution < 1.29 is 9.53 Å². The molecule has 4 heteroatoms. The highest BCUT2D eigenvalue weighted by molar-refractivity contribution is 6.33. The second-order valence-corrected chi connectivity index (χ2v) is 3.76. The minimum Gasteiger partial charge on any atom is -0.372 e. The van der Waals surface area contributed by atoms with Gasteiger partial charge < -0.3 is 10.1 Å². The summed E-state index contributed by atoms with van der Waals surface area (Å²) in [5, 5.41) is 3.23. The number of nitrogens with one attached hydrogen (secondary N) is 1. The van der Waals surface area contributed by atoms with E-state index < -0.39 is 6.10 Å². The van der Waals surface area contributed by atoms with E-state index in [1.807, 2.05) is 13.0 Å². The van der Waals surface area contributed by atoms with Crippen molar-refractivity contribution in [3.63, 3.8) is 0 Å². The Balaban J connectivity index is 2.77. The zero-order valence-corrected chi connectivity index (χ0v) is 9.76. The van der Waals surface area contributed by atoms with Gasteiger partial charge in [-0.05, 0) is 31.5 Å². The number of anilines is 1. The summed E-state index contributed by atoms with van der Waals surface area (Å²) < 4.78 is 4.89. The van der Waals surface area contributed by atoms with Crippen LogP contribution in [-0.4, -0.2) is 19.1 Å². The van der Waals surface area contributed by atoms with Gasteiger partial charge in [-0.2, -0.15) is 0 Å². The van der Waals surface area contributed by atoms with E-state index in [9.17, 15) is 4.79 Å². The van der Waals surface area contributed by atoms with Crippen LogP contribution in [0.3, 0.4) is 0 Å². The lowest BCUT2D eigenvalue weighted by Gasteiger charge is -2.11. The average Bonchev–Trinajstić information content (AvgIpc) is 2.20. The summed E-state index contributed by atoms with van der Waals surface area (Å²) >= 11 is 5.97. The Morgan fingerprint density at radius 2 is 2.20 bits per heavy atom. The molecular weight excluding hydrogens is 214 g/mol. The molecule has 0 radical (unpaired) electrons. The first-order valence-electron chi connectivity index (χ1n) is 4.64. The molecule has 0 saturated carbocycles. The van der Waals surface area contributed by atoms with Gasteiger partial charge in [0.15, 0.2) is 0 Å². The molecule has 0 aliphatic carbocycles. The van der Waals surface area contributed by atoms with E-state index in [-0.39, 0.29) is 5.91 Å². The molecule has 0 heterocycles. The Labute approximate surface area is 94.4 Å². The summed E-state index contributed by atoms with van der Waals surface area (Å²) in [5.74, 6) is -0.205. The number of aryl methyl sites for hydroxylation is 1. The Morgan fingerprint density at radius 3 is 2.73 bits per heavy atom. The average molecular weight is 228 g/mol. The fourth-order valence-electron chi connectivity index (χ4n) is 1.06. The van der Waals surface area contributed by atoms with Gasteiger partial charge in [-0.15, -0.1) is 0 Å². The van der Waals surface area contributed by atoms with Gasteiger partial charge in [-0.25, -0.2) is 0 Å². The van der Waals surface area contributed by atoms with Gasteiger partial charge in [0.25, 0.3) is 5.91 Å². The maximum absolute atomic E-state index is 11.5. The number of carbonyl (C=O) groups is 1. The lowest BCUT2D eigenvalue weighted by atomic mass is 10.2. The van der Waals surface area contributed by atoms with Gasteiger partial charge in [0.1, 0.15) is 6.10 Å². The molecule has 1 atom stereocenters. The number of amides is 1. The molecule has 1 N–H and O–H groups in total. The number of benzene rings is 1. The topological polar surface area (TPSA) is 38.3 Å². The normalized spacial score (nSPS) is 12.3. The number of halogens is 1. The summed E-state index contributed by atoms with van der Waals surface area (Å²) in [4.78, 5) is 11.5. The summed E-state index contributed by atoms with van der Waals surface area (Å²) in [5.41, 5.74) is 1.66. The molecule has 0 aliphatic rings. The number of hydrogen-bond donors (Lipinski definition) is 1. The fraction of sp³-hybridized carbons (Fsp3) is 0.364. The van der Waals surface area contributed by atoms with Crippen LogP contribution < -0.4 is 5.32 Å². The first kappa shape index (κ1) is 12.0. The highest BCUT2D eigenvalue weighted by Crippen LogP contribution is 2.22. The Kier molecular flexibility index (Phi) is 4.12. The van der Waals surface area contributed by atoms with Crippen LogP contribution in [0.15, 0.2) is 18.2 Å². The van der Waals surface area contributed by atoms with Crippen LogP contribution in [0, 0.1) is 6.92 Å². The van der Waals surface area contributed by atoms with Crippen LogP contribution in [0.1, 0.15) is 12.5 Å². The Bertz CT molecular complexity index is 366. The third-order valence-electron chi connectivity index (χ3n) is 2.11. The number of carbonyl (C=O) groups excluding carboxylic acids is 1. The fourth-order valence-corrected chi connectivity index (χ4v) is 1.35. The van der Waals surface area contributed by atoms with E-state index in [1.165, 1.54) is 7.11 Å². The molecule has 1 unspecified atom stereocenters. The lowest BCUT2D eigenvalue weighted by Crippen LogP contribution is -2.26. The van der Waals surface area contributed by atoms with E-state index in [0.29, 0.717) is 10.7 Å². The standard InChI is InChI=1S/C11H14ClNO2/c1-7-4-5-10(9(12)6-7)13-11(14)8(2)15-3/h4-6,8H,1-3H3,(H,13,14). The van der Waals surface area contributed by atoms with Crippen LogP contribution in [0.4, 0.5) is 5.69 Å². The van der Waals surface area contributed by atoms with Crippen LogP contribution in [-0.2, 0) is 9.53 Å². The zero-order chi connectivity index (χ0) is 11.4. The third kappa shape index (κ3) is 3.22. The molecular formula is C11H14ClNO2. The summed E-state index contributed by atoms with van der Waals surface area (Å²) in [6.07, 6.45) is -0.484. The summed E-state index contributed by atoms with van der Waals surface area (Å²) in [6.45, 7) is 3.62. The highest BCUT2D eigenvalue weighted by Gasteiger charge is 2.12. The molecule has 1 rings (SSSR count). The molecule has 0 fully saturated rings. The van der Waals surface area contributed by atoms with Crippen LogP contribution in [0.5, 0.6) is 0 Å². The highest BCUT2D eigenvalue weighted by atomic mass is 35.5.